The summed E-state index contributed by atoms with van der Waals surface area (Å²) in [6.07, 6.45) is 0. The van der Waals surface area contributed by atoms with Crippen molar-refractivity contribution in [3.63, 3.8) is 0 Å². The first kappa shape index (κ1) is 18.8. The largest absolute Gasteiger partial charge is 0.322 e. The molecule has 0 saturated heterocycles. The maximum atomic E-state index is 13.8. The fourth-order valence-corrected chi connectivity index (χ4v) is 3.31. The maximum absolute atomic E-state index is 13.8. The van der Waals surface area contributed by atoms with Gasteiger partial charge in [-0.15, -0.1) is 0 Å². The molecule has 1 aliphatic rings. The second-order valence-corrected chi connectivity index (χ2v) is 6.64. The lowest BCUT2D eigenvalue weighted by Gasteiger charge is -2.16. The van der Waals surface area contributed by atoms with Gasteiger partial charge in [0.05, 0.1) is 27.4 Å². The van der Waals surface area contributed by atoms with E-state index in [1.807, 2.05) is 0 Å². The van der Waals surface area contributed by atoms with Crippen molar-refractivity contribution >= 4 is 40.7 Å². The van der Waals surface area contributed by atoms with E-state index in [1.54, 1.807) is 24.3 Å². The number of halogens is 3. The molecule has 0 radical (unpaired) electrons. The van der Waals surface area contributed by atoms with E-state index in [1.165, 1.54) is 18.2 Å². The minimum Gasteiger partial charge on any atom is -0.322 e. The van der Waals surface area contributed by atoms with Gasteiger partial charge < -0.3 is 5.32 Å². The lowest BCUT2D eigenvalue weighted by Crippen LogP contribution is -2.29. The quantitative estimate of drug-likeness (QED) is 0.636. The van der Waals surface area contributed by atoms with Gasteiger partial charge in [-0.2, -0.15) is 0 Å². The lowest BCUT2D eigenvalue weighted by atomic mass is 10.1. The summed E-state index contributed by atoms with van der Waals surface area (Å²) in [4.78, 5) is 38.3. The van der Waals surface area contributed by atoms with Gasteiger partial charge in [-0.25, -0.2) is 13.7 Å². The molecule has 0 saturated carbocycles. The highest BCUT2D eigenvalue weighted by Gasteiger charge is 2.37. The summed E-state index contributed by atoms with van der Waals surface area (Å²) in [6.45, 7) is 0. The highest BCUT2D eigenvalue weighted by atomic mass is 35.5. The highest BCUT2D eigenvalue weighted by Crippen LogP contribution is 2.35. The Bertz CT molecular complexity index is 1160. The SMILES string of the molecule is O=C(Nc1ccc(N2C(=O)c3ccccc3C2=O)c(Cl)c1)c1cc(F)ccc1F. The van der Waals surface area contributed by atoms with Gasteiger partial charge in [-0.1, -0.05) is 23.7 Å². The number of nitrogens with one attached hydrogen (secondary N) is 1. The predicted molar refractivity (Wildman–Crippen MR) is 103 cm³/mol. The van der Waals surface area contributed by atoms with Crippen LogP contribution in [0.25, 0.3) is 0 Å². The predicted octanol–water partition coefficient (Wildman–Crippen LogP) is 4.67. The Labute approximate surface area is 168 Å². The minimum atomic E-state index is -0.877. The summed E-state index contributed by atoms with van der Waals surface area (Å²) < 4.78 is 27.0. The van der Waals surface area contributed by atoms with E-state index in [0.29, 0.717) is 0 Å². The van der Waals surface area contributed by atoms with Crippen LogP contribution in [0.4, 0.5) is 20.2 Å². The van der Waals surface area contributed by atoms with Crippen LogP contribution >= 0.6 is 11.6 Å². The van der Waals surface area contributed by atoms with Crippen LogP contribution in [0.1, 0.15) is 31.1 Å². The second-order valence-electron chi connectivity index (χ2n) is 6.24. The molecule has 0 spiro atoms. The van der Waals surface area contributed by atoms with Crippen molar-refractivity contribution in [3.05, 3.63) is 94.0 Å². The molecule has 144 valence electrons. The standard InChI is InChI=1S/C21H11ClF2N2O3/c22-16-10-12(25-19(27)15-9-11(23)5-7-17(15)24)6-8-18(16)26-20(28)13-3-1-2-4-14(13)21(26)29/h1-10H,(H,25,27). The molecule has 0 fully saturated rings. The Morgan fingerprint density at radius 2 is 1.55 bits per heavy atom. The number of rotatable bonds is 3. The van der Waals surface area contributed by atoms with Crippen LogP contribution in [0.3, 0.4) is 0 Å². The number of hydrogen-bond donors (Lipinski definition) is 1. The third-order valence-electron chi connectivity index (χ3n) is 4.41. The van der Waals surface area contributed by atoms with Crippen molar-refractivity contribution in [1.82, 2.24) is 0 Å². The first-order valence-electron chi connectivity index (χ1n) is 8.40. The summed E-state index contributed by atoms with van der Waals surface area (Å²) in [5.74, 6) is -3.52. The molecule has 29 heavy (non-hydrogen) atoms. The van der Waals surface area contributed by atoms with Crippen LogP contribution in [0.15, 0.2) is 60.7 Å². The topological polar surface area (TPSA) is 66.5 Å². The third kappa shape index (κ3) is 3.25. The van der Waals surface area contributed by atoms with E-state index in [-0.39, 0.29) is 27.5 Å². The van der Waals surface area contributed by atoms with E-state index in [4.69, 9.17) is 11.6 Å². The van der Waals surface area contributed by atoms with Crippen molar-refractivity contribution in [3.8, 4) is 0 Å². The van der Waals surface area contributed by atoms with Crippen molar-refractivity contribution in [2.75, 3.05) is 10.2 Å². The summed E-state index contributed by atoms with van der Waals surface area (Å²) in [6, 6.07) is 13.0. The van der Waals surface area contributed by atoms with Gasteiger partial charge in [0.2, 0.25) is 0 Å². The van der Waals surface area contributed by atoms with Gasteiger partial charge in [0.15, 0.2) is 0 Å². The average molecular weight is 413 g/mol. The van der Waals surface area contributed by atoms with Crippen LogP contribution < -0.4 is 10.2 Å². The third-order valence-corrected chi connectivity index (χ3v) is 4.72. The molecule has 4 rings (SSSR count). The van der Waals surface area contributed by atoms with Gasteiger partial charge in [0.1, 0.15) is 11.6 Å². The number of amides is 3. The Balaban J connectivity index is 1.61. The number of anilines is 2. The molecule has 3 amide bonds. The van der Waals surface area contributed by atoms with Gasteiger partial charge in [-0.05, 0) is 48.5 Å². The summed E-state index contributed by atoms with van der Waals surface area (Å²) in [5.41, 5.74) is 0.405. The number of carbonyl (C=O) groups is 3. The molecule has 5 nitrogen and oxygen atoms in total. The monoisotopic (exact) mass is 412 g/mol. The molecule has 0 bridgehead atoms. The Morgan fingerprint density at radius 1 is 0.897 bits per heavy atom. The Morgan fingerprint density at radius 3 is 2.17 bits per heavy atom. The maximum Gasteiger partial charge on any atom is 0.266 e. The lowest BCUT2D eigenvalue weighted by molar-refractivity contribution is 0.0924. The second kappa shape index (κ2) is 7.10. The zero-order chi connectivity index (χ0) is 20.7. The van der Waals surface area contributed by atoms with Gasteiger partial charge >= 0.3 is 0 Å². The fraction of sp³-hybridized carbons (Fsp3) is 0. The molecule has 1 aliphatic heterocycles. The van der Waals surface area contributed by atoms with E-state index >= 15 is 0 Å². The molecule has 1 N–H and O–H groups in total. The molecule has 3 aromatic rings. The van der Waals surface area contributed by atoms with Gasteiger partial charge in [0, 0.05) is 5.69 Å². The Kier molecular flexibility index (Phi) is 4.60. The van der Waals surface area contributed by atoms with Crippen LogP contribution in [0.5, 0.6) is 0 Å². The molecule has 1 heterocycles. The van der Waals surface area contributed by atoms with Crippen molar-refractivity contribution in [2.24, 2.45) is 0 Å². The Hall–Kier alpha value is -3.58. The molecule has 0 atom stereocenters. The zero-order valence-corrected chi connectivity index (χ0v) is 15.3. The molecule has 0 unspecified atom stereocenters. The zero-order valence-electron chi connectivity index (χ0n) is 14.6. The molecule has 3 aromatic carbocycles. The highest BCUT2D eigenvalue weighted by molar-refractivity contribution is 6.40. The van der Waals surface area contributed by atoms with E-state index in [0.717, 1.165) is 23.1 Å². The number of hydrogen-bond acceptors (Lipinski definition) is 3. The van der Waals surface area contributed by atoms with Crippen molar-refractivity contribution in [2.45, 2.75) is 0 Å². The molecular formula is C21H11ClF2N2O3. The summed E-state index contributed by atoms with van der Waals surface area (Å²) in [5, 5.41) is 2.43. The number of imide groups is 1. The first-order chi connectivity index (χ1) is 13.9. The number of carbonyl (C=O) groups excluding carboxylic acids is 3. The van der Waals surface area contributed by atoms with E-state index < -0.39 is 34.9 Å². The first-order valence-corrected chi connectivity index (χ1v) is 8.78. The number of nitrogens with zero attached hydrogens (tertiary/aromatic N) is 1. The average Bonchev–Trinajstić information content (AvgIpc) is 2.95. The van der Waals surface area contributed by atoms with E-state index in [9.17, 15) is 23.2 Å². The fourth-order valence-electron chi connectivity index (χ4n) is 3.04. The van der Waals surface area contributed by atoms with Crippen LogP contribution in [0.2, 0.25) is 5.02 Å². The minimum absolute atomic E-state index is 0.0250. The molecule has 8 heteroatoms. The summed E-state index contributed by atoms with van der Waals surface area (Å²) >= 11 is 6.24. The van der Waals surface area contributed by atoms with Gasteiger partial charge in [-0.3, -0.25) is 14.4 Å². The van der Waals surface area contributed by atoms with Crippen LogP contribution in [0, 0.1) is 11.6 Å². The number of benzene rings is 3. The molecule has 0 aliphatic carbocycles. The van der Waals surface area contributed by atoms with Crippen molar-refractivity contribution in [1.29, 1.82) is 0 Å². The molecule has 0 aromatic heterocycles. The molecular weight excluding hydrogens is 402 g/mol. The van der Waals surface area contributed by atoms with Crippen molar-refractivity contribution < 1.29 is 23.2 Å². The van der Waals surface area contributed by atoms with Crippen LogP contribution in [-0.2, 0) is 0 Å². The number of fused-ring (bicyclic) bond motifs is 1. The van der Waals surface area contributed by atoms with E-state index in [2.05, 4.69) is 5.32 Å². The smallest absolute Gasteiger partial charge is 0.266 e. The van der Waals surface area contributed by atoms with Crippen LogP contribution in [-0.4, -0.2) is 17.7 Å². The normalized spacial score (nSPS) is 12.9. The van der Waals surface area contributed by atoms with Gasteiger partial charge in [0.25, 0.3) is 17.7 Å². The summed E-state index contributed by atoms with van der Waals surface area (Å²) in [7, 11) is 0.